The number of anilines is 4. The number of alkyl halides is 3. The van der Waals surface area contributed by atoms with E-state index in [2.05, 4.69) is 20.3 Å². The van der Waals surface area contributed by atoms with Crippen LogP contribution in [-0.2, 0) is 6.18 Å². The molecule has 0 radical (unpaired) electrons. The van der Waals surface area contributed by atoms with Crippen molar-refractivity contribution in [3.05, 3.63) is 90.2 Å². The third kappa shape index (κ3) is 4.74. The van der Waals surface area contributed by atoms with E-state index in [1.165, 1.54) is 24.3 Å². The molecule has 0 spiro atoms. The number of nitrogen functional groups attached to an aromatic ring is 2. The van der Waals surface area contributed by atoms with Gasteiger partial charge in [0.15, 0.2) is 0 Å². The molecule has 5 rings (SSSR count). The molecule has 6 nitrogen and oxygen atoms in total. The highest BCUT2D eigenvalue weighted by Crippen LogP contribution is 2.33. The molecule has 0 atom stereocenters. The summed E-state index contributed by atoms with van der Waals surface area (Å²) in [7, 11) is 0. The highest BCUT2D eigenvalue weighted by molar-refractivity contribution is 5.95. The molecular weight excluding hydrogens is 472 g/mol. The molecule has 2 heterocycles. The summed E-state index contributed by atoms with van der Waals surface area (Å²) in [5, 5.41) is 3.78. The van der Waals surface area contributed by atoms with E-state index in [1.807, 2.05) is 0 Å². The predicted octanol–water partition coefficient (Wildman–Crippen LogP) is 6.42. The van der Waals surface area contributed by atoms with Gasteiger partial charge in [-0.3, -0.25) is 0 Å². The Morgan fingerprint density at radius 1 is 0.722 bits per heavy atom. The summed E-state index contributed by atoms with van der Waals surface area (Å²) in [6.45, 7) is 0. The Balaban J connectivity index is 1.45. The van der Waals surface area contributed by atoms with Gasteiger partial charge < -0.3 is 16.8 Å². The zero-order valence-corrected chi connectivity index (χ0v) is 18.5. The number of hydrogen-bond donors (Lipinski definition) is 3. The average Bonchev–Trinajstić information content (AvgIpc) is 2.83. The first-order valence-electron chi connectivity index (χ1n) is 10.7. The number of pyridine rings is 1. The van der Waals surface area contributed by atoms with Crippen molar-refractivity contribution in [2.45, 2.75) is 6.18 Å². The van der Waals surface area contributed by atoms with Gasteiger partial charge in [0.1, 0.15) is 11.6 Å². The van der Waals surface area contributed by atoms with Crippen LogP contribution >= 0.6 is 0 Å². The molecule has 10 heteroatoms. The number of rotatable bonds is 4. The van der Waals surface area contributed by atoms with Crippen molar-refractivity contribution in [1.82, 2.24) is 15.0 Å². The number of nitrogens with two attached hydrogens (primary N) is 2. The second-order valence-corrected chi connectivity index (χ2v) is 8.04. The monoisotopic (exact) mass is 490 g/mol. The van der Waals surface area contributed by atoms with E-state index in [9.17, 15) is 17.6 Å². The highest BCUT2D eigenvalue weighted by atomic mass is 19.4. The normalized spacial score (nSPS) is 11.6. The van der Waals surface area contributed by atoms with Crippen LogP contribution in [0.2, 0.25) is 0 Å². The summed E-state index contributed by atoms with van der Waals surface area (Å²) in [4.78, 5) is 12.9. The molecule has 5 aromatic rings. The fourth-order valence-electron chi connectivity index (χ4n) is 3.78. The molecular formula is C26H18F4N6. The maximum absolute atomic E-state index is 13.6. The molecule has 0 amide bonds. The van der Waals surface area contributed by atoms with Crippen molar-refractivity contribution in [2.75, 3.05) is 16.8 Å². The average molecular weight is 490 g/mol. The maximum atomic E-state index is 13.6. The maximum Gasteiger partial charge on any atom is 0.416 e. The predicted molar refractivity (Wildman–Crippen MR) is 132 cm³/mol. The molecule has 0 unspecified atom stereocenters. The first kappa shape index (κ1) is 23.0. The largest absolute Gasteiger partial charge is 0.416 e. The lowest BCUT2D eigenvalue weighted by Crippen LogP contribution is -2.04. The van der Waals surface area contributed by atoms with Crippen LogP contribution in [0.25, 0.3) is 33.4 Å². The lowest BCUT2D eigenvalue weighted by Gasteiger charge is -2.12. The third-order valence-corrected chi connectivity index (χ3v) is 5.48. The van der Waals surface area contributed by atoms with Crippen LogP contribution < -0.4 is 16.8 Å². The molecule has 5 N–H and O–H groups in total. The molecule has 0 aliphatic heterocycles. The van der Waals surface area contributed by atoms with Crippen LogP contribution in [0.4, 0.5) is 40.7 Å². The van der Waals surface area contributed by atoms with Gasteiger partial charge in [0.25, 0.3) is 0 Å². The van der Waals surface area contributed by atoms with Gasteiger partial charge in [-0.05, 0) is 48.5 Å². The molecule has 36 heavy (non-hydrogen) atoms. The van der Waals surface area contributed by atoms with E-state index in [0.29, 0.717) is 50.6 Å². The van der Waals surface area contributed by atoms with E-state index in [1.54, 1.807) is 42.5 Å². The minimum Gasteiger partial charge on any atom is -0.398 e. The van der Waals surface area contributed by atoms with Crippen LogP contribution in [0, 0.1) is 5.82 Å². The van der Waals surface area contributed by atoms with E-state index in [-0.39, 0.29) is 5.95 Å². The number of nitrogens with one attached hydrogen (secondary N) is 1. The SMILES string of the molecule is Nc1nc(Nc2ccc3nc(-c4ccc(C(F)(F)F)cc4)cc(N)c3c2)cc(-c2cccc(F)c2)n1. The minimum atomic E-state index is -4.41. The first-order chi connectivity index (χ1) is 17.2. The second kappa shape index (κ2) is 8.81. The minimum absolute atomic E-state index is 0.0161. The fourth-order valence-corrected chi connectivity index (χ4v) is 3.78. The molecule has 0 fully saturated rings. The number of nitrogens with zero attached hydrogens (tertiary/aromatic N) is 3. The van der Waals surface area contributed by atoms with Gasteiger partial charge in [-0.1, -0.05) is 24.3 Å². The van der Waals surface area contributed by atoms with E-state index in [0.717, 1.165) is 12.1 Å². The Morgan fingerprint density at radius 3 is 2.19 bits per heavy atom. The van der Waals surface area contributed by atoms with Gasteiger partial charge in [-0.2, -0.15) is 18.2 Å². The summed E-state index contributed by atoms with van der Waals surface area (Å²) in [5.74, 6) is 0.0174. The van der Waals surface area contributed by atoms with Crippen molar-refractivity contribution in [3.63, 3.8) is 0 Å². The third-order valence-electron chi connectivity index (χ3n) is 5.48. The van der Waals surface area contributed by atoms with Crippen molar-refractivity contribution in [3.8, 4) is 22.5 Å². The fraction of sp³-hybridized carbons (Fsp3) is 0.0385. The molecule has 0 bridgehead atoms. The van der Waals surface area contributed by atoms with Crippen molar-refractivity contribution >= 4 is 34.0 Å². The van der Waals surface area contributed by atoms with Crippen molar-refractivity contribution in [2.24, 2.45) is 0 Å². The standard InChI is InChI=1S/C26H18F4N6/c27-17-3-1-2-15(10-17)23-13-24(36-25(32)35-23)33-18-8-9-21-19(11-18)20(31)12-22(34-21)14-4-6-16(7-5-14)26(28,29)30/h1-13H,(H2,31,34)(H3,32,33,35,36). The van der Waals surface area contributed by atoms with Crippen LogP contribution in [-0.4, -0.2) is 15.0 Å². The van der Waals surface area contributed by atoms with Crippen LogP contribution in [0.3, 0.4) is 0 Å². The van der Waals surface area contributed by atoms with E-state index < -0.39 is 17.6 Å². The summed E-state index contributed by atoms with van der Waals surface area (Å²) in [5.41, 5.74) is 15.0. The van der Waals surface area contributed by atoms with Gasteiger partial charge >= 0.3 is 6.18 Å². The summed E-state index contributed by atoms with van der Waals surface area (Å²) >= 11 is 0. The Kier molecular flexibility index (Phi) is 5.63. The molecule has 0 saturated heterocycles. The first-order valence-corrected chi connectivity index (χ1v) is 10.7. The van der Waals surface area contributed by atoms with Gasteiger partial charge in [-0.25, -0.2) is 14.4 Å². The zero-order chi connectivity index (χ0) is 25.4. The number of aromatic nitrogens is 3. The van der Waals surface area contributed by atoms with Crippen molar-refractivity contribution < 1.29 is 17.6 Å². The lowest BCUT2D eigenvalue weighted by atomic mass is 10.1. The van der Waals surface area contributed by atoms with Gasteiger partial charge in [-0.15, -0.1) is 0 Å². The smallest absolute Gasteiger partial charge is 0.398 e. The Hall–Kier alpha value is -4.73. The molecule has 0 aliphatic rings. The molecule has 0 saturated carbocycles. The summed E-state index contributed by atoms with van der Waals surface area (Å²) in [6.07, 6.45) is -4.41. The number of benzene rings is 3. The number of hydrogen-bond acceptors (Lipinski definition) is 6. The Labute approximate surface area is 202 Å². The van der Waals surface area contributed by atoms with Crippen LogP contribution in [0.5, 0.6) is 0 Å². The highest BCUT2D eigenvalue weighted by Gasteiger charge is 2.30. The van der Waals surface area contributed by atoms with Gasteiger partial charge in [0.05, 0.1) is 22.5 Å². The Morgan fingerprint density at radius 2 is 1.47 bits per heavy atom. The topological polar surface area (TPSA) is 103 Å². The van der Waals surface area contributed by atoms with Gasteiger partial charge in [0, 0.05) is 34.0 Å². The lowest BCUT2D eigenvalue weighted by molar-refractivity contribution is -0.137. The Bertz CT molecular complexity index is 1580. The summed E-state index contributed by atoms with van der Waals surface area (Å²) < 4.78 is 52.2. The summed E-state index contributed by atoms with van der Waals surface area (Å²) in [6, 6.07) is 19.2. The molecule has 3 aromatic carbocycles. The number of fused-ring (bicyclic) bond motifs is 1. The molecule has 180 valence electrons. The van der Waals surface area contributed by atoms with E-state index >= 15 is 0 Å². The number of halogens is 4. The van der Waals surface area contributed by atoms with E-state index in [4.69, 9.17) is 11.5 Å². The quantitative estimate of drug-likeness (QED) is 0.251. The molecule has 0 aliphatic carbocycles. The van der Waals surface area contributed by atoms with Gasteiger partial charge in [0.2, 0.25) is 5.95 Å². The molecule has 2 aromatic heterocycles. The second-order valence-electron chi connectivity index (χ2n) is 8.04. The van der Waals surface area contributed by atoms with Crippen molar-refractivity contribution in [1.29, 1.82) is 0 Å². The zero-order valence-electron chi connectivity index (χ0n) is 18.5. The van der Waals surface area contributed by atoms with Crippen LogP contribution in [0.15, 0.2) is 78.9 Å². The van der Waals surface area contributed by atoms with Crippen LogP contribution in [0.1, 0.15) is 5.56 Å².